The molecule has 1 heterocycles. The van der Waals surface area contributed by atoms with Gasteiger partial charge in [0, 0.05) is 19.2 Å². The average Bonchev–Trinajstić information content (AvgIpc) is 2.14. The first-order valence-electron chi connectivity index (χ1n) is 5.38. The van der Waals surface area contributed by atoms with Crippen molar-refractivity contribution in [3.63, 3.8) is 0 Å². The van der Waals surface area contributed by atoms with Gasteiger partial charge >= 0.3 is 0 Å². The van der Waals surface area contributed by atoms with Gasteiger partial charge in [-0.2, -0.15) is 0 Å². The van der Waals surface area contributed by atoms with E-state index >= 15 is 0 Å². The lowest BCUT2D eigenvalue weighted by Crippen LogP contribution is -2.47. The first-order valence-corrected chi connectivity index (χ1v) is 5.38. The fourth-order valence-corrected chi connectivity index (χ4v) is 1.59. The number of ether oxygens (including phenoxy) is 1. The van der Waals surface area contributed by atoms with Crippen molar-refractivity contribution < 1.29 is 13.9 Å². The maximum Gasteiger partial charge on any atom is 0.263 e. The third kappa shape index (κ3) is 2.32. The van der Waals surface area contributed by atoms with Crippen molar-refractivity contribution >= 4 is 5.91 Å². The summed E-state index contributed by atoms with van der Waals surface area (Å²) in [4.78, 5) is 13.5. The third-order valence-electron chi connectivity index (χ3n) is 2.62. The van der Waals surface area contributed by atoms with Crippen LogP contribution in [0.25, 0.3) is 0 Å². The zero-order valence-corrected chi connectivity index (χ0v) is 9.15. The molecule has 0 bridgehead atoms. The molecular weight excluding hydrogens is 209 g/mol. The summed E-state index contributed by atoms with van der Waals surface area (Å²) in [5.41, 5.74) is 0. The highest BCUT2D eigenvalue weighted by molar-refractivity contribution is 5.81. The first-order chi connectivity index (χ1) is 7.66. The largest absolute Gasteiger partial charge is 0.481 e. The molecule has 1 fully saturated rings. The predicted molar refractivity (Wildman–Crippen MR) is 57.7 cm³/mol. The lowest BCUT2D eigenvalue weighted by atomic mass is 10.2. The van der Waals surface area contributed by atoms with E-state index in [9.17, 15) is 9.18 Å². The van der Waals surface area contributed by atoms with Gasteiger partial charge in [-0.25, -0.2) is 4.39 Å². The van der Waals surface area contributed by atoms with Crippen LogP contribution in [0.5, 0.6) is 5.75 Å². The van der Waals surface area contributed by atoms with Crippen LogP contribution in [0.2, 0.25) is 0 Å². The number of carbonyl (C=O) groups is 1. The second-order valence-electron chi connectivity index (χ2n) is 3.90. The summed E-state index contributed by atoms with van der Waals surface area (Å²) in [6.45, 7) is 3.29. The van der Waals surface area contributed by atoms with Crippen LogP contribution in [0, 0.1) is 5.82 Å². The number of benzene rings is 1. The molecule has 0 spiro atoms. The van der Waals surface area contributed by atoms with E-state index < -0.39 is 6.10 Å². The van der Waals surface area contributed by atoms with Crippen molar-refractivity contribution in [2.24, 2.45) is 0 Å². The summed E-state index contributed by atoms with van der Waals surface area (Å²) in [5.74, 6) is -0.00187. The van der Waals surface area contributed by atoms with Crippen LogP contribution < -0.4 is 4.74 Å². The highest BCUT2D eigenvalue weighted by Gasteiger charge is 2.26. The molecule has 1 saturated heterocycles. The number of carbonyl (C=O) groups excluding carboxylic acids is 1. The third-order valence-corrected chi connectivity index (χ3v) is 2.62. The van der Waals surface area contributed by atoms with Gasteiger partial charge in [-0.05, 0) is 25.5 Å². The monoisotopic (exact) mass is 223 g/mol. The molecule has 0 aliphatic carbocycles. The Morgan fingerprint density at radius 3 is 2.81 bits per heavy atom. The summed E-state index contributed by atoms with van der Waals surface area (Å²) in [6.07, 6.45) is 0.500. The Balaban J connectivity index is 1.95. The number of halogens is 1. The molecule has 0 radical (unpaired) electrons. The summed E-state index contributed by atoms with van der Waals surface area (Å²) in [5, 5.41) is 0. The quantitative estimate of drug-likeness (QED) is 0.782. The summed E-state index contributed by atoms with van der Waals surface area (Å²) in [6, 6.07) is 5.82. The van der Waals surface area contributed by atoms with E-state index in [-0.39, 0.29) is 11.7 Å². The molecule has 3 nitrogen and oxygen atoms in total. The molecule has 0 aromatic heterocycles. The summed E-state index contributed by atoms with van der Waals surface area (Å²) < 4.78 is 18.3. The smallest absolute Gasteiger partial charge is 0.263 e. The Labute approximate surface area is 93.8 Å². The first kappa shape index (κ1) is 10.9. The van der Waals surface area contributed by atoms with Gasteiger partial charge in [0.05, 0.1) is 0 Å². The van der Waals surface area contributed by atoms with E-state index in [0.29, 0.717) is 5.75 Å². The zero-order chi connectivity index (χ0) is 11.5. The van der Waals surface area contributed by atoms with Crippen molar-refractivity contribution in [2.45, 2.75) is 19.4 Å². The fraction of sp³-hybridized carbons (Fsp3) is 0.417. The Bertz CT molecular complexity index is 390. The highest BCUT2D eigenvalue weighted by atomic mass is 19.1. The van der Waals surface area contributed by atoms with Crippen LogP contribution in [-0.4, -0.2) is 30.0 Å². The lowest BCUT2D eigenvalue weighted by molar-refractivity contribution is -0.141. The number of rotatable bonds is 3. The predicted octanol–water partition coefficient (Wildman–Crippen LogP) is 1.83. The van der Waals surface area contributed by atoms with E-state index in [2.05, 4.69) is 0 Å². The molecule has 4 heteroatoms. The molecule has 1 aromatic rings. The maximum absolute atomic E-state index is 12.9. The van der Waals surface area contributed by atoms with Crippen molar-refractivity contribution in [3.8, 4) is 5.75 Å². The van der Waals surface area contributed by atoms with E-state index in [4.69, 9.17) is 4.74 Å². The van der Waals surface area contributed by atoms with Crippen LogP contribution in [-0.2, 0) is 4.79 Å². The van der Waals surface area contributed by atoms with Crippen LogP contribution in [0.1, 0.15) is 13.3 Å². The van der Waals surface area contributed by atoms with Gasteiger partial charge in [0.1, 0.15) is 11.6 Å². The Kier molecular flexibility index (Phi) is 3.08. The minimum Gasteiger partial charge on any atom is -0.481 e. The number of amides is 1. The number of hydrogen-bond donors (Lipinski definition) is 0. The molecule has 16 heavy (non-hydrogen) atoms. The molecule has 0 N–H and O–H groups in total. The maximum atomic E-state index is 12.9. The molecule has 2 rings (SSSR count). The van der Waals surface area contributed by atoms with Crippen molar-refractivity contribution in [2.75, 3.05) is 13.1 Å². The molecule has 86 valence electrons. The molecule has 1 atom stereocenters. The normalized spacial score (nSPS) is 16.5. The van der Waals surface area contributed by atoms with E-state index in [0.717, 1.165) is 19.5 Å². The second kappa shape index (κ2) is 4.51. The van der Waals surface area contributed by atoms with Crippen molar-refractivity contribution in [1.82, 2.24) is 4.90 Å². The van der Waals surface area contributed by atoms with Gasteiger partial charge in [0.25, 0.3) is 5.91 Å². The molecular formula is C12H14FNO2. The fourth-order valence-electron chi connectivity index (χ4n) is 1.59. The average molecular weight is 223 g/mol. The highest BCUT2D eigenvalue weighted by Crippen LogP contribution is 2.16. The molecule has 1 aliphatic heterocycles. The van der Waals surface area contributed by atoms with E-state index in [1.54, 1.807) is 24.0 Å². The van der Waals surface area contributed by atoms with Gasteiger partial charge in [-0.1, -0.05) is 6.07 Å². The van der Waals surface area contributed by atoms with Gasteiger partial charge in [0.15, 0.2) is 6.10 Å². The van der Waals surface area contributed by atoms with Crippen molar-refractivity contribution in [1.29, 1.82) is 0 Å². The number of hydrogen-bond acceptors (Lipinski definition) is 2. The van der Waals surface area contributed by atoms with E-state index in [1.807, 2.05) is 0 Å². The molecule has 1 aromatic carbocycles. The molecule has 0 saturated carbocycles. The summed E-state index contributed by atoms with van der Waals surface area (Å²) in [7, 11) is 0. The minimum absolute atomic E-state index is 0.0319. The Morgan fingerprint density at radius 2 is 2.25 bits per heavy atom. The number of likely N-dealkylation sites (tertiary alicyclic amines) is 1. The van der Waals surface area contributed by atoms with Crippen LogP contribution >= 0.6 is 0 Å². The van der Waals surface area contributed by atoms with Gasteiger partial charge < -0.3 is 9.64 Å². The number of nitrogens with zero attached hydrogens (tertiary/aromatic N) is 1. The summed E-state index contributed by atoms with van der Waals surface area (Å²) >= 11 is 0. The molecule has 0 unspecified atom stereocenters. The van der Waals surface area contributed by atoms with Gasteiger partial charge in [-0.3, -0.25) is 4.79 Å². The second-order valence-corrected chi connectivity index (χ2v) is 3.90. The van der Waals surface area contributed by atoms with Crippen LogP contribution in [0.15, 0.2) is 24.3 Å². The zero-order valence-electron chi connectivity index (χ0n) is 9.15. The molecule has 1 aliphatic rings. The van der Waals surface area contributed by atoms with Crippen LogP contribution in [0.3, 0.4) is 0 Å². The van der Waals surface area contributed by atoms with Gasteiger partial charge in [0.2, 0.25) is 0 Å². The lowest BCUT2D eigenvalue weighted by Gasteiger charge is -2.33. The standard InChI is InChI=1S/C12H14FNO2/c1-9(12(15)14-6-3-7-14)16-11-5-2-4-10(13)8-11/h2,4-5,8-9H,3,6-7H2,1H3/t9-/m0/s1. The van der Waals surface area contributed by atoms with Gasteiger partial charge in [-0.15, -0.1) is 0 Å². The SMILES string of the molecule is C[C@H](Oc1cccc(F)c1)C(=O)N1CCC1. The Hall–Kier alpha value is -1.58. The van der Waals surface area contributed by atoms with Crippen LogP contribution in [0.4, 0.5) is 4.39 Å². The van der Waals surface area contributed by atoms with E-state index in [1.165, 1.54) is 12.1 Å². The minimum atomic E-state index is -0.554. The Morgan fingerprint density at radius 1 is 1.50 bits per heavy atom. The molecule has 1 amide bonds. The topological polar surface area (TPSA) is 29.5 Å². The van der Waals surface area contributed by atoms with Crippen molar-refractivity contribution in [3.05, 3.63) is 30.1 Å².